The van der Waals surface area contributed by atoms with Crippen molar-refractivity contribution in [3.05, 3.63) is 30.0 Å². The standard InChI is InChI=1S/C15H12BrF6N5O2/c1-6-11(23-5-10(25-6)26-27-13(28)14(16,18)19)8-3-9(17)12(24-4-8)29-7(2)15(20,21)22/h3-5,7H,1-2H3,(H,25,26)(H,27,28)/t7-/m0/s1. The second-order valence-electron chi connectivity index (χ2n) is 5.58. The first-order chi connectivity index (χ1) is 13.3. The number of aryl methyl sites for hydroxylation is 1. The van der Waals surface area contributed by atoms with Crippen LogP contribution in [-0.4, -0.2) is 38.0 Å². The molecule has 2 aromatic rings. The first-order valence-electron chi connectivity index (χ1n) is 7.65. The Bertz CT molecular complexity index is 906. The Morgan fingerprint density at radius 2 is 1.86 bits per heavy atom. The minimum absolute atomic E-state index is 0.0853. The Labute approximate surface area is 168 Å². The van der Waals surface area contributed by atoms with E-state index in [2.05, 4.69) is 25.1 Å². The van der Waals surface area contributed by atoms with Gasteiger partial charge in [0, 0.05) is 27.7 Å². The average molecular weight is 488 g/mol. The van der Waals surface area contributed by atoms with E-state index in [1.165, 1.54) is 6.92 Å². The highest BCUT2D eigenvalue weighted by atomic mass is 79.9. The maximum atomic E-state index is 14.1. The number of ether oxygens (including phenoxy) is 1. The van der Waals surface area contributed by atoms with Gasteiger partial charge in [0.05, 0.1) is 17.6 Å². The number of hydrazine groups is 1. The number of hydrogen-bond acceptors (Lipinski definition) is 6. The summed E-state index contributed by atoms with van der Waals surface area (Å²) in [6, 6.07) is 0.864. The molecule has 2 aromatic heterocycles. The predicted octanol–water partition coefficient (Wildman–Crippen LogP) is 3.75. The zero-order chi connectivity index (χ0) is 22.0. The fraction of sp³-hybridized carbons (Fsp3) is 0.333. The van der Waals surface area contributed by atoms with Crippen LogP contribution in [0.3, 0.4) is 0 Å². The van der Waals surface area contributed by atoms with E-state index in [0.29, 0.717) is 6.92 Å². The van der Waals surface area contributed by atoms with Crippen LogP contribution in [0.2, 0.25) is 0 Å². The summed E-state index contributed by atoms with van der Waals surface area (Å²) in [5, 5.41) is 0. The third-order valence-corrected chi connectivity index (χ3v) is 3.70. The van der Waals surface area contributed by atoms with Crippen molar-refractivity contribution in [3.8, 4) is 17.1 Å². The fourth-order valence-corrected chi connectivity index (χ4v) is 1.99. The van der Waals surface area contributed by atoms with Crippen LogP contribution in [0.1, 0.15) is 12.6 Å². The topological polar surface area (TPSA) is 89.0 Å². The van der Waals surface area contributed by atoms with Crippen LogP contribution in [0.25, 0.3) is 11.3 Å². The molecule has 2 N–H and O–H groups in total. The Hall–Kier alpha value is -2.64. The van der Waals surface area contributed by atoms with Crippen LogP contribution in [0.5, 0.6) is 5.88 Å². The number of aromatic nitrogens is 3. The SMILES string of the molecule is Cc1nc(NNC(=O)C(F)(F)Br)cnc1-c1cnc(O[C@@H](C)C(F)(F)F)c(F)c1. The Morgan fingerprint density at radius 1 is 1.21 bits per heavy atom. The smallest absolute Gasteiger partial charge is 0.425 e. The molecular weight excluding hydrogens is 476 g/mol. The molecule has 158 valence electrons. The van der Waals surface area contributed by atoms with Gasteiger partial charge in [0.2, 0.25) is 0 Å². The summed E-state index contributed by atoms with van der Waals surface area (Å²) in [5.41, 5.74) is 4.22. The van der Waals surface area contributed by atoms with Crippen molar-refractivity contribution in [1.82, 2.24) is 20.4 Å². The van der Waals surface area contributed by atoms with Crippen molar-refractivity contribution in [2.24, 2.45) is 0 Å². The Kier molecular flexibility index (Phi) is 6.55. The molecule has 0 aliphatic rings. The predicted molar refractivity (Wildman–Crippen MR) is 91.7 cm³/mol. The van der Waals surface area contributed by atoms with E-state index in [1.54, 1.807) is 5.43 Å². The normalized spacial score (nSPS) is 13.0. The summed E-state index contributed by atoms with van der Waals surface area (Å²) < 4.78 is 81.5. The van der Waals surface area contributed by atoms with Gasteiger partial charge in [-0.2, -0.15) is 22.0 Å². The molecular formula is C15H12BrF6N5O2. The van der Waals surface area contributed by atoms with E-state index in [1.807, 2.05) is 15.9 Å². The van der Waals surface area contributed by atoms with Gasteiger partial charge >= 0.3 is 16.9 Å². The number of pyridine rings is 1. The average Bonchev–Trinajstić information content (AvgIpc) is 2.59. The number of halogens is 7. The van der Waals surface area contributed by atoms with Crippen molar-refractivity contribution in [1.29, 1.82) is 0 Å². The second kappa shape index (κ2) is 8.39. The highest BCUT2D eigenvalue weighted by Gasteiger charge is 2.39. The van der Waals surface area contributed by atoms with E-state index in [0.717, 1.165) is 18.5 Å². The third kappa shape index (κ3) is 5.92. The molecule has 29 heavy (non-hydrogen) atoms. The van der Waals surface area contributed by atoms with E-state index in [9.17, 15) is 31.1 Å². The van der Waals surface area contributed by atoms with Gasteiger partial charge in [0.25, 0.3) is 5.88 Å². The molecule has 2 rings (SSSR count). The van der Waals surface area contributed by atoms with Crippen LogP contribution in [0.4, 0.5) is 32.2 Å². The molecule has 0 aliphatic carbocycles. The molecule has 1 amide bonds. The molecule has 2 heterocycles. The zero-order valence-electron chi connectivity index (χ0n) is 14.6. The van der Waals surface area contributed by atoms with E-state index >= 15 is 0 Å². The Morgan fingerprint density at radius 3 is 2.38 bits per heavy atom. The first-order valence-corrected chi connectivity index (χ1v) is 8.44. The number of carbonyl (C=O) groups is 1. The van der Waals surface area contributed by atoms with Gasteiger partial charge in [0.1, 0.15) is 0 Å². The minimum atomic E-state index is -4.69. The lowest BCUT2D eigenvalue weighted by molar-refractivity contribution is -0.190. The summed E-state index contributed by atoms with van der Waals surface area (Å²) in [4.78, 5) is 18.7. The number of hydrogen-bond donors (Lipinski definition) is 2. The number of nitrogens with zero attached hydrogens (tertiary/aromatic N) is 3. The monoisotopic (exact) mass is 487 g/mol. The maximum Gasteiger partial charge on any atom is 0.425 e. The lowest BCUT2D eigenvalue weighted by Crippen LogP contribution is -2.39. The summed E-state index contributed by atoms with van der Waals surface area (Å²) >= 11 is 1.88. The molecule has 0 unspecified atom stereocenters. The van der Waals surface area contributed by atoms with Crippen molar-refractivity contribution in [2.75, 3.05) is 5.43 Å². The molecule has 0 aliphatic heterocycles. The largest absolute Gasteiger partial charge is 0.463 e. The maximum absolute atomic E-state index is 14.1. The first kappa shape index (κ1) is 22.6. The van der Waals surface area contributed by atoms with E-state index in [4.69, 9.17) is 0 Å². The number of carbonyl (C=O) groups excluding carboxylic acids is 1. The molecule has 0 aromatic carbocycles. The van der Waals surface area contributed by atoms with Crippen molar-refractivity contribution >= 4 is 27.7 Å². The number of nitrogens with one attached hydrogen (secondary N) is 2. The van der Waals surface area contributed by atoms with Gasteiger partial charge in [-0.15, -0.1) is 0 Å². The van der Waals surface area contributed by atoms with Gasteiger partial charge in [-0.25, -0.2) is 14.4 Å². The quantitative estimate of drug-likeness (QED) is 0.366. The minimum Gasteiger partial charge on any atom is -0.463 e. The van der Waals surface area contributed by atoms with E-state index in [-0.39, 0.29) is 22.8 Å². The van der Waals surface area contributed by atoms with Gasteiger partial charge in [-0.1, -0.05) is 0 Å². The second-order valence-corrected chi connectivity index (χ2v) is 6.57. The van der Waals surface area contributed by atoms with Gasteiger partial charge in [-0.05, 0) is 19.9 Å². The summed E-state index contributed by atoms with van der Waals surface area (Å²) in [6.45, 7) is 2.16. The summed E-state index contributed by atoms with van der Waals surface area (Å²) in [5.74, 6) is -3.74. The van der Waals surface area contributed by atoms with Crippen molar-refractivity contribution in [3.63, 3.8) is 0 Å². The number of amides is 1. The molecule has 0 bridgehead atoms. The Balaban J connectivity index is 2.16. The molecule has 0 radical (unpaired) electrons. The number of alkyl halides is 6. The highest BCUT2D eigenvalue weighted by Crippen LogP contribution is 2.28. The highest BCUT2D eigenvalue weighted by molar-refractivity contribution is 9.10. The van der Waals surface area contributed by atoms with Gasteiger partial charge in [0.15, 0.2) is 17.7 Å². The number of anilines is 1. The van der Waals surface area contributed by atoms with Crippen LogP contribution >= 0.6 is 15.9 Å². The van der Waals surface area contributed by atoms with Gasteiger partial charge < -0.3 is 4.74 Å². The van der Waals surface area contributed by atoms with Crippen LogP contribution in [-0.2, 0) is 4.79 Å². The molecule has 1 atom stereocenters. The van der Waals surface area contributed by atoms with Crippen molar-refractivity contribution < 1.29 is 35.9 Å². The molecule has 0 fully saturated rings. The van der Waals surface area contributed by atoms with Gasteiger partial charge in [-0.3, -0.25) is 20.6 Å². The molecule has 0 spiro atoms. The van der Waals surface area contributed by atoms with Crippen molar-refractivity contribution in [2.45, 2.75) is 31.0 Å². The molecule has 14 heteroatoms. The zero-order valence-corrected chi connectivity index (χ0v) is 16.2. The molecule has 0 saturated heterocycles. The van der Waals surface area contributed by atoms with E-state index < -0.39 is 34.7 Å². The lowest BCUT2D eigenvalue weighted by atomic mass is 10.1. The molecule has 0 saturated carbocycles. The fourth-order valence-electron chi connectivity index (χ4n) is 1.89. The number of rotatable bonds is 6. The van der Waals surface area contributed by atoms with Crippen LogP contribution in [0, 0.1) is 12.7 Å². The summed E-state index contributed by atoms with van der Waals surface area (Å²) in [6.07, 6.45) is -4.85. The van der Waals surface area contributed by atoms with Crippen LogP contribution in [0.15, 0.2) is 18.5 Å². The third-order valence-electron chi connectivity index (χ3n) is 3.34. The lowest BCUT2D eigenvalue weighted by Gasteiger charge is -2.17. The molecule has 7 nitrogen and oxygen atoms in total. The van der Waals surface area contributed by atoms with Crippen LogP contribution < -0.4 is 15.6 Å². The summed E-state index contributed by atoms with van der Waals surface area (Å²) in [7, 11) is 0.